The van der Waals surface area contributed by atoms with Crippen LogP contribution in [0.4, 0.5) is 0 Å². The Morgan fingerprint density at radius 1 is 1.33 bits per heavy atom. The first kappa shape index (κ1) is 13.1. The summed E-state index contributed by atoms with van der Waals surface area (Å²) < 4.78 is 5.63. The Labute approximate surface area is 108 Å². The van der Waals surface area contributed by atoms with E-state index < -0.39 is 0 Å². The van der Waals surface area contributed by atoms with Crippen LogP contribution in [0.1, 0.15) is 31.9 Å². The fourth-order valence-electron chi connectivity index (χ4n) is 2.71. The van der Waals surface area contributed by atoms with E-state index in [0.29, 0.717) is 6.54 Å². The molecule has 0 radical (unpaired) electrons. The van der Waals surface area contributed by atoms with E-state index in [9.17, 15) is 0 Å². The lowest BCUT2D eigenvalue weighted by atomic mass is 9.78. The van der Waals surface area contributed by atoms with Gasteiger partial charge in [0.25, 0.3) is 0 Å². The molecular weight excluding hydrogens is 224 g/mol. The van der Waals surface area contributed by atoms with Crippen LogP contribution in [0.5, 0.6) is 0 Å². The smallest absolute Gasteiger partial charge is 0.134 e. The highest BCUT2D eigenvalue weighted by Crippen LogP contribution is 2.39. The molecule has 0 aliphatic heterocycles. The molecule has 0 spiro atoms. The fourth-order valence-corrected chi connectivity index (χ4v) is 2.71. The largest absolute Gasteiger partial charge is 0.464 e. The molecule has 3 heteroatoms. The van der Waals surface area contributed by atoms with Crippen molar-refractivity contribution in [3.63, 3.8) is 0 Å². The molecule has 3 nitrogen and oxygen atoms in total. The summed E-state index contributed by atoms with van der Waals surface area (Å²) in [4.78, 5) is 0. The Morgan fingerprint density at radius 2 is 2.06 bits per heavy atom. The average molecular weight is 246 g/mol. The van der Waals surface area contributed by atoms with Crippen LogP contribution in [0.25, 0.3) is 11.0 Å². The molecule has 1 atom stereocenters. The maximum absolute atomic E-state index is 5.72. The standard InChI is InChI=1S/C15H22N2O/c1-15(2,8-9-16)14(17-3)12-10-18-13-7-5-4-6-11(12)13/h4-7,10,14,17H,8-9,16H2,1-3H3. The summed E-state index contributed by atoms with van der Waals surface area (Å²) in [5.74, 6) is 0. The van der Waals surface area contributed by atoms with Gasteiger partial charge in [0.1, 0.15) is 5.58 Å². The number of fused-ring (bicyclic) bond motifs is 1. The van der Waals surface area contributed by atoms with Crippen molar-refractivity contribution in [3.05, 3.63) is 36.1 Å². The highest BCUT2D eigenvalue weighted by Gasteiger charge is 2.31. The number of furan rings is 1. The minimum atomic E-state index is 0.0934. The molecule has 0 saturated heterocycles. The van der Waals surface area contributed by atoms with Crippen LogP contribution in [0.15, 0.2) is 34.9 Å². The summed E-state index contributed by atoms with van der Waals surface area (Å²) >= 11 is 0. The van der Waals surface area contributed by atoms with E-state index in [1.54, 1.807) is 0 Å². The Hall–Kier alpha value is -1.32. The molecule has 0 aliphatic carbocycles. The third kappa shape index (κ3) is 2.28. The lowest BCUT2D eigenvalue weighted by Gasteiger charge is -2.33. The monoisotopic (exact) mass is 246 g/mol. The highest BCUT2D eigenvalue weighted by molar-refractivity contribution is 5.81. The zero-order chi connectivity index (χ0) is 13.2. The van der Waals surface area contributed by atoms with E-state index in [0.717, 1.165) is 12.0 Å². The molecule has 0 amide bonds. The minimum Gasteiger partial charge on any atom is -0.464 e. The molecule has 18 heavy (non-hydrogen) atoms. The molecule has 2 rings (SSSR count). The zero-order valence-corrected chi connectivity index (χ0v) is 11.4. The zero-order valence-electron chi connectivity index (χ0n) is 11.4. The summed E-state index contributed by atoms with van der Waals surface area (Å²) in [7, 11) is 1.99. The van der Waals surface area contributed by atoms with E-state index in [-0.39, 0.29) is 11.5 Å². The third-order valence-corrected chi connectivity index (χ3v) is 3.68. The van der Waals surface area contributed by atoms with Crippen molar-refractivity contribution in [1.29, 1.82) is 0 Å². The first-order chi connectivity index (χ1) is 8.60. The quantitative estimate of drug-likeness (QED) is 0.852. The van der Waals surface area contributed by atoms with Crippen molar-refractivity contribution in [2.24, 2.45) is 11.1 Å². The molecule has 3 N–H and O–H groups in total. The van der Waals surface area contributed by atoms with Gasteiger partial charge in [0, 0.05) is 17.0 Å². The van der Waals surface area contributed by atoms with E-state index in [1.807, 2.05) is 31.5 Å². The molecule has 2 aromatic rings. The van der Waals surface area contributed by atoms with Crippen molar-refractivity contribution < 1.29 is 4.42 Å². The second kappa shape index (κ2) is 5.12. The van der Waals surface area contributed by atoms with Crippen molar-refractivity contribution in [2.75, 3.05) is 13.6 Å². The second-order valence-electron chi connectivity index (χ2n) is 5.44. The van der Waals surface area contributed by atoms with Gasteiger partial charge in [0.2, 0.25) is 0 Å². The Balaban J connectivity index is 2.44. The van der Waals surface area contributed by atoms with Crippen LogP contribution < -0.4 is 11.1 Å². The van der Waals surface area contributed by atoms with Crippen LogP contribution in [0, 0.1) is 5.41 Å². The molecule has 98 valence electrons. The highest BCUT2D eigenvalue weighted by atomic mass is 16.3. The summed E-state index contributed by atoms with van der Waals surface area (Å²) in [5, 5.41) is 4.59. The van der Waals surface area contributed by atoms with Crippen LogP contribution in [-0.2, 0) is 0 Å². The van der Waals surface area contributed by atoms with Gasteiger partial charge in [-0.25, -0.2) is 0 Å². The number of rotatable bonds is 5. The molecule has 1 aromatic carbocycles. The maximum atomic E-state index is 5.72. The van der Waals surface area contributed by atoms with Gasteiger partial charge in [-0.05, 0) is 31.5 Å². The van der Waals surface area contributed by atoms with Gasteiger partial charge in [0.15, 0.2) is 0 Å². The van der Waals surface area contributed by atoms with Crippen molar-refractivity contribution in [2.45, 2.75) is 26.3 Å². The third-order valence-electron chi connectivity index (χ3n) is 3.68. The van der Waals surface area contributed by atoms with Gasteiger partial charge < -0.3 is 15.5 Å². The normalized spacial score (nSPS) is 14.0. The van der Waals surface area contributed by atoms with Gasteiger partial charge >= 0.3 is 0 Å². The lowest BCUT2D eigenvalue weighted by Crippen LogP contribution is -2.33. The lowest BCUT2D eigenvalue weighted by molar-refractivity contribution is 0.239. The minimum absolute atomic E-state index is 0.0934. The van der Waals surface area contributed by atoms with Gasteiger partial charge in [-0.3, -0.25) is 0 Å². The van der Waals surface area contributed by atoms with Gasteiger partial charge in [-0.15, -0.1) is 0 Å². The fraction of sp³-hybridized carbons (Fsp3) is 0.467. The summed E-state index contributed by atoms with van der Waals surface area (Å²) in [6.07, 6.45) is 2.84. The first-order valence-electron chi connectivity index (χ1n) is 6.43. The topological polar surface area (TPSA) is 51.2 Å². The molecule has 1 aromatic heterocycles. The van der Waals surface area contributed by atoms with Crippen LogP contribution >= 0.6 is 0 Å². The maximum Gasteiger partial charge on any atom is 0.134 e. The second-order valence-corrected chi connectivity index (χ2v) is 5.44. The summed E-state index contributed by atoms with van der Waals surface area (Å²) in [6, 6.07) is 8.39. The molecule has 0 bridgehead atoms. The molecule has 0 aliphatic rings. The Kier molecular flexibility index (Phi) is 3.73. The number of hydrogen-bond donors (Lipinski definition) is 2. The summed E-state index contributed by atoms with van der Waals surface area (Å²) in [6.45, 7) is 5.17. The molecule has 0 fully saturated rings. The number of nitrogens with two attached hydrogens (primary N) is 1. The summed E-state index contributed by atoms with van der Waals surface area (Å²) in [5.41, 5.74) is 7.97. The van der Waals surface area contributed by atoms with E-state index in [1.165, 1.54) is 10.9 Å². The van der Waals surface area contributed by atoms with Crippen LogP contribution in [-0.4, -0.2) is 13.6 Å². The van der Waals surface area contributed by atoms with E-state index >= 15 is 0 Å². The predicted molar refractivity (Wildman–Crippen MR) is 75.5 cm³/mol. The van der Waals surface area contributed by atoms with Gasteiger partial charge in [0.05, 0.1) is 6.26 Å². The van der Waals surface area contributed by atoms with Crippen LogP contribution in [0.3, 0.4) is 0 Å². The molecule has 1 heterocycles. The number of hydrogen-bond acceptors (Lipinski definition) is 3. The molecule has 0 saturated carbocycles. The average Bonchev–Trinajstić information content (AvgIpc) is 2.74. The van der Waals surface area contributed by atoms with E-state index in [4.69, 9.17) is 10.2 Å². The molecule has 1 unspecified atom stereocenters. The molecular formula is C15H22N2O. The van der Waals surface area contributed by atoms with Gasteiger partial charge in [-0.2, -0.15) is 0 Å². The van der Waals surface area contributed by atoms with Crippen molar-refractivity contribution >= 4 is 11.0 Å². The van der Waals surface area contributed by atoms with E-state index in [2.05, 4.69) is 25.2 Å². The number of benzene rings is 1. The van der Waals surface area contributed by atoms with Crippen molar-refractivity contribution in [3.8, 4) is 0 Å². The Morgan fingerprint density at radius 3 is 2.72 bits per heavy atom. The van der Waals surface area contributed by atoms with Crippen molar-refractivity contribution in [1.82, 2.24) is 5.32 Å². The first-order valence-corrected chi connectivity index (χ1v) is 6.43. The van der Waals surface area contributed by atoms with Gasteiger partial charge in [-0.1, -0.05) is 32.0 Å². The Bertz CT molecular complexity index is 516. The van der Waals surface area contributed by atoms with Crippen LogP contribution in [0.2, 0.25) is 0 Å². The number of nitrogens with one attached hydrogen (secondary N) is 1. The SMILES string of the molecule is CNC(c1coc2ccccc12)C(C)(C)CCN. The predicted octanol–water partition coefficient (Wildman–Crippen LogP) is 3.07. The number of para-hydroxylation sites is 1.